The molecule has 4 heteroatoms. The lowest BCUT2D eigenvalue weighted by Crippen LogP contribution is -2.59. The molecule has 0 radical (unpaired) electrons. The minimum Gasteiger partial charge on any atom is -0.389 e. The molecule has 2 amide bonds. The first kappa shape index (κ1) is 13.7. The van der Waals surface area contributed by atoms with Crippen molar-refractivity contribution in [2.75, 3.05) is 13.1 Å². The number of hydrogen-bond acceptors (Lipinski definition) is 2. The Hall–Kier alpha value is -0.770. The maximum absolute atomic E-state index is 12.2. The number of amides is 2. The minimum atomic E-state index is -0.683. The van der Waals surface area contributed by atoms with Crippen LogP contribution in [0.1, 0.15) is 52.9 Å². The van der Waals surface area contributed by atoms with Crippen LogP contribution in [0.5, 0.6) is 0 Å². The van der Waals surface area contributed by atoms with E-state index in [2.05, 4.69) is 5.32 Å². The van der Waals surface area contributed by atoms with Gasteiger partial charge in [0.05, 0.1) is 5.60 Å². The molecular formula is C14H26N2O2. The van der Waals surface area contributed by atoms with Gasteiger partial charge in [-0.1, -0.05) is 26.7 Å². The first-order chi connectivity index (χ1) is 8.32. The van der Waals surface area contributed by atoms with Gasteiger partial charge in [-0.05, 0) is 26.2 Å². The summed E-state index contributed by atoms with van der Waals surface area (Å²) in [7, 11) is 0. The van der Waals surface area contributed by atoms with Crippen LogP contribution in [0.15, 0.2) is 0 Å². The molecule has 0 bridgehead atoms. The van der Waals surface area contributed by atoms with Crippen LogP contribution in [-0.2, 0) is 0 Å². The number of aliphatic hydroxyl groups is 1. The van der Waals surface area contributed by atoms with Gasteiger partial charge in [-0.25, -0.2) is 4.79 Å². The number of carbonyl (C=O) groups excluding carboxylic acids is 1. The summed E-state index contributed by atoms with van der Waals surface area (Å²) in [4.78, 5) is 14.0. The predicted molar refractivity (Wildman–Crippen MR) is 71.4 cm³/mol. The van der Waals surface area contributed by atoms with Crippen LogP contribution in [0.25, 0.3) is 0 Å². The lowest BCUT2D eigenvalue weighted by Gasteiger charge is -2.48. The Morgan fingerprint density at radius 1 is 1.28 bits per heavy atom. The van der Waals surface area contributed by atoms with Crippen molar-refractivity contribution in [3.8, 4) is 0 Å². The van der Waals surface area contributed by atoms with E-state index < -0.39 is 5.60 Å². The summed E-state index contributed by atoms with van der Waals surface area (Å²) in [5.41, 5.74) is -0.935. The smallest absolute Gasteiger partial charge is 0.317 e. The van der Waals surface area contributed by atoms with Gasteiger partial charge in [-0.2, -0.15) is 0 Å². The molecular weight excluding hydrogens is 228 g/mol. The second-order valence-corrected chi connectivity index (χ2v) is 6.76. The van der Waals surface area contributed by atoms with E-state index in [0.717, 1.165) is 12.8 Å². The quantitative estimate of drug-likeness (QED) is 0.753. The highest BCUT2D eigenvalue weighted by atomic mass is 16.3. The summed E-state index contributed by atoms with van der Waals surface area (Å²) in [5, 5.41) is 13.4. The highest BCUT2D eigenvalue weighted by Crippen LogP contribution is 2.38. The SMILES string of the molecule is CC1(C)CN(C(=O)NC2CCCC2)CCC1(C)O. The highest BCUT2D eigenvalue weighted by Gasteiger charge is 2.45. The second-order valence-electron chi connectivity index (χ2n) is 6.76. The van der Waals surface area contributed by atoms with Crippen LogP contribution in [0.2, 0.25) is 0 Å². The van der Waals surface area contributed by atoms with E-state index in [9.17, 15) is 9.90 Å². The topological polar surface area (TPSA) is 52.6 Å². The molecule has 1 unspecified atom stereocenters. The zero-order chi connectivity index (χ0) is 13.4. The molecule has 18 heavy (non-hydrogen) atoms. The van der Waals surface area contributed by atoms with E-state index in [1.165, 1.54) is 12.8 Å². The summed E-state index contributed by atoms with van der Waals surface area (Å²) >= 11 is 0. The molecule has 0 aromatic heterocycles. The van der Waals surface area contributed by atoms with E-state index in [1.54, 1.807) is 0 Å². The Kier molecular flexibility index (Phi) is 3.58. The van der Waals surface area contributed by atoms with Gasteiger partial charge >= 0.3 is 6.03 Å². The van der Waals surface area contributed by atoms with Crippen molar-refractivity contribution < 1.29 is 9.90 Å². The number of hydrogen-bond donors (Lipinski definition) is 2. The molecule has 0 aromatic carbocycles. The average molecular weight is 254 g/mol. The fourth-order valence-electron chi connectivity index (χ4n) is 2.93. The van der Waals surface area contributed by atoms with Crippen LogP contribution in [0.3, 0.4) is 0 Å². The molecule has 2 aliphatic rings. The van der Waals surface area contributed by atoms with Gasteiger partial charge in [0.15, 0.2) is 0 Å². The van der Waals surface area contributed by atoms with E-state index in [1.807, 2.05) is 25.7 Å². The first-order valence-corrected chi connectivity index (χ1v) is 7.10. The van der Waals surface area contributed by atoms with Crippen LogP contribution >= 0.6 is 0 Å². The molecule has 1 atom stereocenters. The fraction of sp³-hybridized carbons (Fsp3) is 0.929. The van der Waals surface area contributed by atoms with Crippen molar-refractivity contribution in [3.05, 3.63) is 0 Å². The third-order valence-corrected chi connectivity index (χ3v) is 4.88. The summed E-state index contributed by atoms with van der Waals surface area (Å²) in [6.45, 7) is 7.21. The van der Waals surface area contributed by atoms with Gasteiger partial charge in [0.25, 0.3) is 0 Å². The molecule has 1 aliphatic heterocycles. The maximum atomic E-state index is 12.2. The van der Waals surface area contributed by atoms with E-state index >= 15 is 0 Å². The molecule has 2 fully saturated rings. The molecule has 1 saturated heterocycles. The molecule has 2 rings (SSSR count). The van der Waals surface area contributed by atoms with Gasteiger partial charge in [-0.3, -0.25) is 0 Å². The maximum Gasteiger partial charge on any atom is 0.317 e. The molecule has 1 saturated carbocycles. The normalized spacial score (nSPS) is 32.6. The number of urea groups is 1. The predicted octanol–water partition coefficient (Wildman–Crippen LogP) is 2.12. The second kappa shape index (κ2) is 4.72. The third-order valence-electron chi connectivity index (χ3n) is 4.88. The lowest BCUT2D eigenvalue weighted by molar-refractivity contribution is -0.0955. The largest absolute Gasteiger partial charge is 0.389 e. The lowest BCUT2D eigenvalue weighted by atomic mass is 9.71. The average Bonchev–Trinajstić information content (AvgIpc) is 2.74. The van der Waals surface area contributed by atoms with Crippen molar-refractivity contribution >= 4 is 6.03 Å². The third kappa shape index (κ3) is 2.63. The monoisotopic (exact) mass is 254 g/mol. The van der Waals surface area contributed by atoms with Gasteiger partial charge < -0.3 is 15.3 Å². The molecule has 0 spiro atoms. The van der Waals surface area contributed by atoms with Crippen molar-refractivity contribution in [1.29, 1.82) is 0 Å². The van der Waals surface area contributed by atoms with Crippen LogP contribution in [0, 0.1) is 5.41 Å². The van der Waals surface area contributed by atoms with Crippen molar-refractivity contribution in [2.24, 2.45) is 5.41 Å². The van der Waals surface area contributed by atoms with Gasteiger partial charge in [-0.15, -0.1) is 0 Å². The number of nitrogens with zero attached hydrogens (tertiary/aromatic N) is 1. The number of piperidine rings is 1. The zero-order valence-electron chi connectivity index (χ0n) is 11.8. The summed E-state index contributed by atoms with van der Waals surface area (Å²) in [6, 6.07) is 0.411. The summed E-state index contributed by atoms with van der Waals surface area (Å²) < 4.78 is 0. The number of likely N-dealkylation sites (tertiary alicyclic amines) is 1. The van der Waals surface area contributed by atoms with E-state index in [4.69, 9.17) is 0 Å². The Labute approximate surface area is 110 Å². The van der Waals surface area contributed by atoms with Gasteiger partial charge in [0.1, 0.15) is 0 Å². The van der Waals surface area contributed by atoms with Crippen LogP contribution in [-0.4, -0.2) is 40.8 Å². The van der Waals surface area contributed by atoms with Crippen LogP contribution in [0.4, 0.5) is 4.79 Å². The molecule has 2 N–H and O–H groups in total. The molecule has 104 valence electrons. The standard InChI is InChI=1S/C14H26N2O2/c1-13(2)10-16(9-8-14(13,3)18)12(17)15-11-6-4-5-7-11/h11,18H,4-10H2,1-3H3,(H,15,17). The molecule has 1 aliphatic carbocycles. The Balaban J connectivity index is 1.92. The Bertz CT molecular complexity index is 320. The van der Waals surface area contributed by atoms with E-state index in [-0.39, 0.29) is 11.4 Å². The Morgan fingerprint density at radius 2 is 1.89 bits per heavy atom. The number of nitrogens with one attached hydrogen (secondary N) is 1. The Morgan fingerprint density at radius 3 is 2.44 bits per heavy atom. The van der Waals surface area contributed by atoms with Crippen molar-refractivity contribution in [3.63, 3.8) is 0 Å². The molecule has 0 aromatic rings. The summed E-state index contributed by atoms with van der Waals surface area (Å²) in [5.74, 6) is 0. The highest BCUT2D eigenvalue weighted by molar-refractivity contribution is 5.74. The zero-order valence-corrected chi connectivity index (χ0v) is 11.8. The van der Waals surface area contributed by atoms with Gasteiger partial charge in [0, 0.05) is 24.5 Å². The molecule has 1 heterocycles. The van der Waals surface area contributed by atoms with Crippen LogP contribution < -0.4 is 5.32 Å². The molecule has 4 nitrogen and oxygen atoms in total. The summed E-state index contributed by atoms with van der Waals surface area (Å²) in [6.07, 6.45) is 5.33. The minimum absolute atomic E-state index is 0.0467. The van der Waals surface area contributed by atoms with E-state index in [0.29, 0.717) is 25.6 Å². The first-order valence-electron chi connectivity index (χ1n) is 7.10. The fourth-order valence-corrected chi connectivity index (χ4v) is 2.93. The number of rotatable bonds is 1. The van der Waals surface area contributed by atoms with Crippen molar-refractivity contribution in [1.82, 2.24) is 10.2 Å². The number of carbonyl (C=O) groups is 1. The van der Waals surface area contributed by atoms with Crippen molar-refractivity contribution in [2.45, 2.75) is 64.5 Å². The van der Waals surface area contributed by atoms with Gasteiger partial charge in [0.2, 0.25) is 0 Å².